The van der Waals surface area contributed by atoms with Gasteiger partial charge in [-0.15, -0.1) is 0 Å². The molecule has 1 amide bonds. The van der Waals surface area contributed by atoms with Crippen LogP contribution in [0, 0.1) is 0 Å². The average Bonchev–Trinajstić information content (AvgIpc) is 2.68. The molecule has 0 saturated carbocycles. The summed E-state index contributed by atoms with van der Waals surface area (Å²) in [5.41, 5.74) is 2.62. The Morgan fingerprint density at radius 2 is 1.15 bits per heavy atom. The summed E-state index contributed by atoms with van der Waals surface area (Å²) in [5, 5.41) is 0. The highest BCUT2D eigenvalue weighted by Crippen LogP contribution is 2.56. The van der Waals surface area contributed by atoms with E-state index in [9.17, 15) is 4.79 Å². The Kier molecular flexibility index (Phi) is 4.12. The lowest BCUT2D eigenvalue weighted by molar-refractivity contribution is -0.161. The largest absolute Gasteiger partial charge is 0.330 e. The Labute approximate surface area is 155 Å². The maximum atomic E-state index is 13.6. The summed E-state index contributed by atoms with van der Waals surface area (Å²) in [6.07, 6.45) is 0. The van der Waals surface area contributed by atoms with Crippen molar-refractivity contribution in [3.8, 4) is 0 Å². The number of nitrogens with zero attached hydrogens (tertiary/aromatic N) is 1. The van der Waals surface area contributed by atoms with Crippen molar-refractivity contribution in [2.45, 2.75) is 31.3 Å². The van der Waals surface area contributed by atoms with E-state index in [0.29, 0.717) is 0 Å². The summed E-state index contributed by atoms with van der Waals surface area (Å²) in [6.45, 7) is 4.18. The topological polar surface area (TPSA) is 20.3 Å². The summed E-state index contributed by atoms with van der Waals surface area (Å²) < 4.78 is 0. The number of amides is 1. The van der Waals surface area contributed by atoms with Gasteiger partial charge in [0.15, 0.2) is 0 Å². The lowest BCUT2D eigenvalue weighted by Crippen LogP contribution is -2.68. The minimum absolute atomic E-state index is 0.0130. The minimum Gasteiger partial charge on any atom is -0.330 e. The van der Waals surface area contributed by atoms with Crippen LogP contribution in [-0.2, 0) is 10.2 Å². The molecule has 0 radical (unpaired) electrons. The van der Waals surface area contributed by atoms with E-state index in [4.69, 9.17) is 0 Å². The molecular weight excluding hydrogens is 318 g/mol. The fourth-order valence-corrected chi connectivity index (χ4v) is 4.29. The van der Waals surface area contributed by atoms with Crippen molar-refractivity contribution >= 4 is 5.91 Å². The van der Waals surface area contributed by atoms with Crippen LogP contribution in [0.1, 0.15) is 36.6 Å². The number of β-lactam (4-membered cyclic amide) rings is 1. The molecule has 0 spiro atoms. The van der Waals surface area contributed by atoms with Gasteiger partial charge in [0.1, 0.15) is 5.41 Å². The summed E-state index contributed by atoms with van der Waals surface area (Å²) in [4.78, 5) is 15.7. The van der Waals surface area contributed by atoms with Gasteiger partial charge in [0.05, 0.1) is 6.04 Å². The second-order valence-electron chi connectivity index (χ2n) is 7.16. The molecular formula is C24H23NO. The quantitative estimate of drug-likeness (QED) is 0.614. The second-order valence-corrected chi connectivity index (χ2v) is 7.16. The van der Waals surface area contributed by atoms with Crippen molar-refractivity contribution in [1.82, 2.24) is 4.90 Å². The van der Waals surface area contributed by atoms with E-state index in [1.807, 2.05) is 47.4 Å². The monoisotopic (exact) mass is 341 g/mol. The third-order valence-corrected chi connectivity index (χ3v) is 5.39. The molecule has 3 aromatic rings. The van der Waals surface area contributed by atoms with E-state index in [2.05, 4.69) is 62.4 Å². The first-order valence-electron chi connectivity index (χ1n) is 9.16. The highest BCUT2D eigenvalue weighted by Gasteiger charge is 2.63. The predicted molar refractivity (Wildman–Crippen MR) is 105 cm³/mol. The Bertz CT molecular complexity index is 848. The van der Waals surface area contributed by atoms with Gasteiger partial charge in [0.25, 0.3) is 0 Å². The molecule has 1 unspecified atom stereocenters. The van der Waals surface area contributed by atoms with Gasteiger partial charge in [-0.1, -0.05) is 91.0 Å². The van der Waals surface area contributed by atoms with Crippen LogP contribution in [-0.4, -0.2) is 16.8 Å². The molecule has 1 fully saturated rings. The number of rotatable bonds is 4. The molecule has 0 aliphatic carbocycles. The van der Waals surface area contributed by atoms with E-state index >= 15 is 0 Å². The van der Waals surface area contributed by atoms with Crippen molar-refractivity contribution < 1.29 is 4.79 Å². The Balaban J connectivity index is 1.99. The van der Waals surface area contributed by atoms with Crippen LogP contribution in [0.3, 0.4) is 0 Å². The van der Waals surface area contributed by atoms with Crippen molar-refractivity contribution in [2.75, 3.05) is 0 Å². The normalized spacial score (nSPS) is 18.7. The fraction of sp³-hybridized carbons (Fsp3) is 0.208. The molecule has 1 aliphatic heterocycles. The number of hydrogen-bond acceptors (Lipinski definition) is 1. The lowest BCUT2D eigenvalue weighted by Gasteiger charge is -2.58. The molecule has 2 nitrogen and oxygen atoms in total. The average molecular weight is 341 g/mol. The standard InChI is InChI=1S/C24H23NO/c1-18(2)25-22(19-12-6-3-7-13-19)24(23(25)26,20-14-8-4-9-15-20)21-16-10-5-11-17-21/h3-18,22H,1-2H3. The number of likely N-dealkylation sites (tertiary alicyclic amines) is 1. The molecule has 4 rings (SSSR count). The number of benzene rings is 3. The van der Waals surface area contributed by atoms with Crippen molar-refractivity contribution in [3.63, 3.8) is 0 Å². The molecule has 1 aliphatic rings. The SMILES string of the molecule is CC(C)N1C(=O)C(c2ccccc2)(c2ccccc2)C1c1ccccc1. The molecule has 2 heteroatoms. The van der Waals surface area contributed by atoms with E-state index in [1.165, 1.54) is 5.56 Å². The summed E-state index contributed by atoms with van der Waals surface area (Å²) in [7, 11) is 0. The first-order valence-corrected chi connectivity index (χ1v) is 9.16. The van der Waals surface area contributed by atoms with Gasteiger partial charge >= 0.3 is 0 Å². The maximum absolute atomic E-state index is 13.6. The molecule has 0 bridgehead atoms. The predicted octanol–water partition coefficient (Wildman–Crippen LogP) is 4.96. The summed E-state index contributed by atoms with van der Waals surface area (Å²) in [5.74, 6) is 0.179. The zero-order valence-electron chi connectivity index (χ0n) is 15.2. The van der Waals surface area contributed by atoms with Gasteiger partial charge in [0.2, 0.25) is 5.91 Å². The van der Waals surface area contributed by atoms with Gasteiger partial charge < -0.3 is 4.90 Å². The zero-order chi connectivity index (χ0) is 18.1. The zero-order valence-corrected chi connectivity index (χ0v) is 15.2. The number of carbonyl (C=O) groups is 1. The number of hydrogen-bond donors (Lipinski definition) is 0. The summed E-state index contributed by atoms with van der Waals surface area (Å²) >= 11 is 0. The molecule has 0 N–H and O–H groups in total. The molecule has 0 aromatic heterocycles. The van der Waals surface area contributed by atoms with Gasteiger partial charge in [-0.2, -0.15) is 0 Å². The molecule has 1 heterocycles. The molecule has 3 aromatic carbocycles. The van der Waals surface area contributed by atoms with Crippen LogP contribution in [0.2, 0.25) is 0 Å². The Morgan fingerprint density at radius 3 is 1.58 bits per heavy atom. The molecule has 1 saturated heterocycles. The van der Waals surface area contributed by atoms with E-state index in [1.54, 1.807) is 0 Å². The van der Waals surface area contributed by atoms with Crippen LogP contribution in [0.15, 0.2) is 91.0 Å². The van der Waals surface area contributed by atoms with Crippen molar-refractivity contribution in [2.24, 2.45) is 0 Å². The highest BCUT2D eigenvalue weighted by molar-refractivity contribution is 6.00. The van der Waals surface area contributed by atoms with E-state index in [-0.39, 0.29) is 18.0 Å². The van der Waals surface area contributed by atoms with Gasteiger partial charge in [-0.3, -0.25) is 4.79 Å². The lowest BCUT2D eigenvalue weighted by atomic mass is 9.59. The first kappa shape index (κ1) is 16.6. The van der Waals surface area contributed by atoms with Gasteiger partial charge in [-0.25, -0.2) is 0 Å². The fourth-order valence-electron chi connectivity index (χ4n) is 4.29. The third-order valence-electron chi connectivity index (χ3n) is 5.39. The van der Waals surface area contributed by atoms with Crippen LogP contribution in [0.25, 0.3) is 0 Å². The molecule has 1 atom stereocenters. The minimum atomic E-state index is -0.672. The van der Waals surface area contributed by atoms with Crippen LogP contribution in [0.5, 0.6) is 0 Å². The first-order chi connectivity index (χ1) is 12.7. The van der Waals surface area contributed by atoms with Crippen molar-refractivity contribution in [1.29, 1.82) is 0 Å². The number of carbonyl (C=O) groups excluding carboxylic acids is 1. The van der Waals surface area contributed by atoms with Crippen LogP contribution >= 0.6 is 0 Å². The van der Waals surface area contributed by atoms with E-state index < -0.39 is 5.41 Å². The third kappa shape index (κ3) is 2.29. The maximum Gasteiger partial charge on any atom is 0.240 e. The van der Waals surface area contributed by atoms with Gasteiger partial charge in [-0.05, 0) is 30.5 Å². The molecule has 26 heavy (non-hydrogen) atoms. The smallest absolute Gasteiger partial charge is 0.240 e. The second kappa shape index (κ2) is 6.45. The summed E-state index contributed by atoms with van der Waals surface area (Å²) in [6, 6.07) is 30.9. The van der Waals surface area contributed by atoms with E-state index in [0.717, 1.165) is 11.1 Å². The Morgan fingerprint density at radius 1 is 0.731 bits per heavy atom. The Hall–Kier alpha value is -2.87. The van der Waals surface area contributed by atoms with Crippen LogP contribution in [0.4, 0.5) is 0 Å². The van der Waals surface area contributed by atoms with Crippen molar-refractivity contribution in [3.05, 3.63) is 108 Å². The molecule has 130 valence electrons. The highest BCUT2D eigenvalue weighted by atomic mass is 16.2. The van der Waals surface area contributed by atoms with Crippen LogP contribution < -0.4 is 0 Å². The van der Waals surface area contributed by atoms with Gasteiger partial charge in [0, 0.05) is 6.04 Å².